The second-order valence-electron chi connectivity index (χ2n) is 13.1. The summed E-state index contributed by atoms with van der Waals surface area (Å²) in [5.41, 5.74) is 4.01. The van der Waals surface area contributed by atoms with Gasteiger partial charge in [0.2, 0.25) is 5.95 Å². The molecule has 0 spiro atoms. The summed E-state index contributed by atoms with van der Waals surface area (Å²) < 4.78 is 41.8. The van der Waals surface area contributed by atoms with Gasteiger partial charge in [0.05, 0.1) is 19.5 Å². The number of esters is 1. The summed E-state index contributed by atoms with van der Waals surface area (Å²) in [7, 11) is 3.54. The zero-order chi connectivity index (χ0) is 34.3. The maximum Gasteiger partial charge on any atom is 0.323 e. The lowest BCUT2D eigenvalue weighted by Gasteiger charge is -2.29. The van der Waals surface area contributed by atoms with E-state index in [0.717, 1.165) is 10.8 Å². The van der Waals surface area contributed by atoms with E-state index in [4.69, 9.17) is 36.1 Å². The Labute approximate surface area is 277 Å². The lowest BCUT2D eigenvalue weighted by molar-refractivity contribution is -0.148. The molecular formula is C31H41FN7O6PS. The van der Waals surface area contributed by atoms with Gasteiger partial charge in [-0.1, -0.05) is 57.2 Å². The van der Waals surface area contributed by atoms with Crippen molar-refractivity contribution in [1.29, 1.82) is 0 Å². The van der Waals surface area contributed by atoms with Crippen LogP contribution < -0.4 is 20.2 Å². The van der Waals surface area contributed by atoms with E-state index in [1.165, 1.54) is 17.8 Å². The molecule has 1 aliphatic rings. The molecule has 0 amide bonds. The van der Waals surface area contributed by atoms with Crippen LogP contribution in [-0.2, 0) is 30.6 Å². The largest absolute Gasteiger partial charge is 0.464 e. The van der Waals surface area contributed by atoms with E-state index < -0.39 is 42.8 Å². The van der Waals surface area contributed by atoms with Gasteiger partial charge in [-0.2, -0.15) is 9.97 Å². The average molecular weight is 690 g/mol. The number of ether oxygens (including phenoxy) is 2. The van der Waals surface area contributed by atoms with Crippen LogP contribution in [0.15, 0.2) is 48.8 Å². The minimum absolute atomic E-state index is 0.0329. The molecule has 13 nitrogen and oxygen atoms in total. The first-order valence-electron chi connectivity index (χ1n) is 15.1. The molecular weight excluding hydrogens is 648 g/mol. The first kappa shape index (κ1) is 34.9. The highest BCUT2D eigenvalue weighted by Crippen LogP contribution is 2.49. The zero-order valence-electron chi connectivity index (χ0n) is 27.4. The molecule has 1 unspecified atom stereocenters. The molecule has 254 valence electrons. The fourth-order valence-corrected chi connectivity index (χ4v) is 7.54. The standard InChI is InChI=1S/C31H41FN7O6PS/c1-18(27(41)42-16-30(2,3)4)37-46(47,45-21-14-10-12-19-11-8-9-13-20(19)21)43-15-22-24(40)31(5,32)28(44-22)39-17-34-23-25(38(6)7)35-29(33)36-26(23)39/h8-14,17-18,22,24,28,40H,15-16H2,1-7H3,(H,37,47)(H2,33,35,36)/t18-,22-,24-,28-,31-,46?/m1/s1. The number of carbonyl (C=O) groups is 1. The van der Waals surface area contributed by atoms with Gasteiger partial charge in [0.15, 0.2) is 28.9 Å². The van der Waals surface area contributed by atoms with Crippen LogP contribution in [0.1, 0.15) is 40.8 Å². The Bertz CT molecular complexity index is 1810. The van der Waals surface area contributed by atoms with Crippen molar-refractivity contribution in [2.45, 2.75) is 64.8 Å². The fourth-order valence-electron chi connectivity index (χ4n) is 5.12. The van der Waals surface area contributed by atoms with Crippen molar-refractivity contribution in [3.63, 3.8) is 0 Å². The number of aliphatic hydroxyl groups is 1. The number of aromatic nitrogens is 4. The summed E-state index contributed by atoms with van der Waals surface area (Å²) in [4.78, 5) is 27.5. The third-order valence-electron chi connectivity index (χ3n) is 7.54. The number of halogens is 1. The average Bonchev–Trinajstić information content (AvgIpc) is 3.51. The molecule has 5 rings (SSSR count). The second-order valence-corrected chi connectivity index (χ2v) is 16.3. The molecule has 47 heavy (non-hydrogen) atoms. The van der Waals surface area contributed by atoms with Crippen molar-refractivity contribution in [2.75, 3.05) is 37.9 Å². The van der Waals surface area contributed by atoms with Crippen LogP contribution in [0.5, 0.6) is 5.75 Å². The summed E-state index contributed by atoms with van der Waals surface area (Å²) in [6, 6.07) is 12.1. The van der Waals surface area contributed by atoms with Gasteiger partial charge in [-0.3, -0.25) is 9.36 Å². The minimum atomic E-state index is -3.58. The Morgan fingerprint density at radius 1 is 1.26 bits per heavy atom. The number of hydrogen-bond acceptors (Lipinski definition) is 12. The monoisotopic (exact) mass is 689 g/mol. The number of alkyl halides is 1. The van der Waals surface area contributed by atoms with Crippen LogP contribution in [0, 0.1) is 5.41 Å². The van der Waals surface area contributed by atoms with Crippen LogP contribution in [0.4, 0.5) is 16.2 Å². The minimum Gasteiger partial charge on any atom is -0.464 e. The number of nitrogens with zero attached hydrogens (tertiary/aromatic N) is 5. The maximum atomic E-state index is 16.3. The molecule has 1 fully saturated rings. The summed E-state index contributed by atoms with van der Waals surface area (Å²) in [6.45, 7) is 4.91. The number of anilines is 2. The highest BCUT2D eigenvalue weighted by Gasteiger charge is 2.56. The molecule has 16 heteroatoms. The van der Waals surface area contributed by atoms with E-state index >= 15 is 4.39 Å². The number of hydrogen-bond donors (Lipinski definition) is 3. The lowest BCUT2D eigenvalue weighted by atomic mass is 9.98. The Balaban J connectivity index is 1.41. The van der Waals surface area contributed by atoms with Crippen molar-refractivity contribution < 1.29 is 32.8 Å². The van der Waals surface area contributed by atoms with Crippen molar-refractivity contribution in [1.82, 2.24) is 24.6 Å². The van der Waals surface area contributed by atoms with Crippen molar-refractivity contribution in [3.05, 3.63) is 48.8 Å². The van der Waals surface area contributed by atoms with Crippen LogP contribution in [0.3, 0.4) is 0 Å². The van der Waals surface area contributed by atoms with E-state index in [2.05, 4.69) is 20.0 Å². The van der Waals surface area contributed by atoms with E-state index in [1.54, 1.807) is 32.0 Å². The van der Waals surface area contributed by atoms with Crippen molar-refractivity contribution in [2.24, 2.45) is 5.41 Å². The molecule has 6 atom stereocenters. The Hall–Kier alpha value is -3.46. The molecule has 3 heterocycles. The number of rotatable bonds is 11. The Morgan fingerprint density at radius 3 is 2.66 bits per heavy atom. The molecule has 4 N–H and O–H groups in total. The van der Waals surface area contributed by atoms with Gasteiger partial charge in [-0.25, -0.2) is 14.5 Å². The summed E-state index contributed by atoms with van der Waals surface area (Å²) in [5.74, 6) is 0.291. The molecule has 2 aromatic carbocycles. The number of aliphatic hydroxyl groups excluding tert-OH is 1. The number of nitrogen functional groups attached to an aromatic ring is 1. The first-order valence-corrected chi connectivity index (χ1v) is 17.7. The quantitative estimate of drug-likeness (QED) is 0.149. The normalized spacial score (nSPS) is 23.5. The smallest absolute Gasteiger partial charge is 0.323 e. The second kappa shape index (κ2) is 13.2. The summed E-state index contributed by atoms with van der Waals surface area (Å²) in [5, 5.41) is 15.9. The predicted octanol–water partition coefficient (Wildman–Crippen LogP) is 4.50. The number of imidazole rings is 1. The highest BCUT2D eigenvalue weighted by atomic mass is 32.5. The van der Waals surface area contributed by atoms with Gasteiger partial charge in [0, 0.05) is 19.5 Å². The zero-order valence-corrected chi connectivity index (χ0v) is 29.1. The molecule has 0 bridgehead atoms. The molecule has 0 radical (unpaired) electrons. The lowest BCUT2D eigenvalue weighted by Crippen LogP contribution is -2.41. The van der Waals surface area contributed by atoms with Crippen LogP contribution in [-0.4, -0.2) is 81.8 Å². The first-order chi connectivity index (χ1) is 22.0. The van der Waals surface area contributed by atoms with Gasteiger partial charge in [-0.05, 0) is 42.5 Å². The highest BCUT2D eigenvalue weighted by molar-refractivity contribution is 8.09. The molecule has 1 saturated heterocycles. The molecule has 0 saturated carbocycles. The predicted molar refractivity (Wildman–Crippen MR) is 181 cm³/mol. The van der Waals surface area contributed by atoms with Crippen molar-refractivity contribution >= 4 is 58.1 Å². The molecule has 1 aliphatic heterocycles. The number of fused-ring (bicyclic) bond motifs is 2. The van der Waals surface area contributed by atoms with Gasteiger partial charge in [0.25, 0.3) is 0 Å². The molecule has 2 aromatic heterocycles. The maximum absolute atomic E-state index is 16.3. The number of nitrogens with one attached hydrogen (secondary N) is 1. The number of benzene rings is 2. The van der Waals surface area contributed by atoms with Gasteiger partial charge in [0.1, 0.15) is 24.0 Å². The fraction of sp³-hybridized carbons (Fsp3) is 0.484. The van der Waals surface area contributed by atoms with Crippen LogP contribution in [0.2, 0.25) is 0 Å². The topological polar surface area (TPSA) is 159 Å². The summed E-state index contributed by atoms with van der Waals surface area (Å²) in [6.07, 6.45) is -2.82. The third-order valence-corrected chi connectivity index (χ3v) is 10.0. The Morgan fingerprint density at radius 2 is 1.96 bits per heavy atom. The van der Waals surface area contributed by atoms with Crippen LogP contribution >= 0.6 is 6.64 Å². The van der Waals surface area contributed by atoms with Gasteiger partial charge >= 0.3 is 12.6 Å². The molecule has 0 aliphatic carbocycles. The van der Waals surface area contributed by atoms with E-state index in [-0.39, 0.29) is 30.2 Å². The SMILES string of the molecule is C[C@@H](NP(=S)(OC[C@H]1O[C@@H](n2cnc3c(N(C)C)nc(N)nc32)[C@](C)(F)[C@@H]1O)Oc1cccc2ccccc12)C(=O)OCC(C)(C)C. The third kappa shape index (κ3) is 7.50. The van der Waals surface area contributed by atoms with Crippen LogP contribution in [0.25, 0.3) is 21.9 Å². The molecule has 4 aromatic rings. The van der Waals surface area contributed by atoms with Gasteiger partial charge in [-0.15, -0.1) is 0 Å². The Kier molecular flexibility index (Phi) is 9.80. The number of nitrogens with two attached hydrogens (primary N) is 1. The summed E-state index contributed by atoms with van der Waals surface area (Å²) >= 11 is 5.92. The van der Waals surface area contributed by atoms with E-state index in [9.17, 15) is 9.90 Å². The van der Waals surface area contributed by atoms with Gasteiger partial charge < -0.3 is 34.3 Å². The van der Waals surface area contributed by atoms with E-state index in [0.29, 0.717) is 17.1 Å². The number of carbonyl (C=O) groups excluding carboxylic acids is 1. The van der Waals surface area contributed by atoms with Crippen molar-refractivity contribution in [3.8, 4) is 5.75 Å². The van der Waals surface area contributed by atoms with E-state index in [1.807, 2.05) is 57.2 Å².